The van der Waals surface area contributed by atoms with E-state index in [0.717, 1.165) is 44.3 Å². The lowest BCUT2D eigenvalue weighted by Crippen LogP contribution is -2.42. The summed E-state index contributed by atoms with van der Waals surface area (Å²) in [7, 11) is -3.35. The summed E-state index contributed by atoms with van der Waals surface area (Å²) in [6, 6.07) is 7.44. The smallest absolute Gasteiger partial charge is 0.243 e. The SMILES string of the molecule is Cc1ccc(S(=O)(=O)N(CC2CCCNC2)C2CC2)cc1. The molecule has 0 bridgehead atoms. The minimum Gasteiger partial charge on any atom is -0.316 e. The number of aryl methyl sites for hydroxylation is 1. The molecule has 1 unspecified atom stereocenters. The summed E-state index contributed by atoms with van der Waals surface area (Å²) in [4.78, 5) is 0.434. The Balaban J connectivity index is 1.80. The van der Waals surface area contributed by atoms with Crippen molar-refractivity contribution in [3.8, 4) is 0 Å². The Morgan fingerprint density at radius 3 is 2.48 bits per heavy atom. The molecule has 1 aromatic carbocycles. The monoisotopic (exact) mass is 308 g/mol. The van der Waals surface area contributed by atoms with Crippen LogP contribution < -0.4 is 5.32 Å². The van der Waals surface area contributed by atoms with Gasteiger partial charge in [0.25, 0.3) is 0 Å². The Kier molecular flexibility index (Phi) is 4.33. The van der Waals surface area contributed by atoms with Gasteiger partial charge >= 0.3 is 0 Å². The zero-order chi connectivity index (χ0) is 14.9. The van der Waals surface area contributed by atoms with Gasteiger partial charge in [-0.2, -0.15) is 4.31 Å². The van der Waals surface area contributed by atoms with Crippen LogP contribution in [0.3, 0.4) is 0 Å². The first-order chi connectivity index (χ1) is 10.1. The predicted octanol–water partition coefficient (Wildman–Crippen LogP) is 2.15. The van der Waals surface area contributed by atoms with Crippen LogP contribution in [0.25, 0.3) is 0 Å². The van der Waals surface area contributed by atoms with Gasteiger partial charge in [0.05, 0.1) is 4.90 Å². The molecule has 1 aliphatic carbocycles. The van der Waals surface area contributed by atoms with Gasteiger partial charge in [-0.25, -0.2) is 8.42 Å². The first kappa shape index (κ1) is 15.0. The van der Waals surface area contributed by atoms with Crippen molar-refractivity contribution in [3.05, 3.63) is 29.8 Å². The quantitative estimate of drug-likeness (QED) is 0.907. The van der Waals surface area contributed by atoms with Gasteiger partial charge in [-0.1, -0.05) is 17.7 Å². The number of sulfonamides is 1. The van der Waals surface area contributed by atoms with E-state index in [9.17, 15) is 8.42 Å². The van der Waals surface area contributed by atoms with Gasteiger partial charge in [0, 0.05) is 12.6 Å². The molecule has 0 spiro atoms. The lowest BCUT2D eigenvalue weighted by Gasteiger charge is -2.29. The van der Waals surface area contributed by atoms with Gasteiger partial charge in [-0.05, 0) is 63.7 Å². The number of rotatable bonds is 5. The van der Waals surface area contributed by atoms with Crippen molar-refractivity contribution in [2.45, 2.75) is 43.5 Å². The molecule has 0 amide bonds. The van der Waals surface area contributed by atoms with Crippen molar-refractivity contribution in [2.24, 2.45) is 5.92 Å². The molecule has 4 nitrogen and oxygen atoms in total. The fourth-order valence-electron chi connectivity index (χ4n) is 2.99. The van der Waals surface area contributed by atoms with E-state index in [-0.39, 0.29) is 6.04 Å². The molecule has 1 atom stereocenters. The maximum Gasteiger partial charge on any atom is 0.243 e. The summed E-state index contributed by atoms with van der Waals surface area (Å²) < 4.78 is 27.6. The fraction of sp³-hybridized carbons (Fsp3) is 0.625. The van der Waals surface area contributed by atoms with E-state index in [1.165, 1.54) is 0 Å². The lowest BCUT2D eigenvalue weighted by atomic mass is 10.00. The summed E-state index contributed by atoms with van der Waals surface area (Å²) in [5.41, 5.74) is 1.09. The van der Waals surface area contributed by atoms with E-state index in [0.29, 0.717) is 17.4 Å². The Morgan fingerprint density at radius 2 is 1.90 bits per heavy atom. The van der Waals surface area contributed by atoms with Gasteiger partial charge in [0.15, 0.2) is 0 Å². The Morgan fingerprint density at radius 1 is 1.19 bits per heavy atom. The summed E-state index contributed by atoms with van der Waals surface area (Å²) in [6.45, 7) is 4.63. The van der Waals surface area contributed by atoms with Crippen molar-refractivity contribution in [1.82, 2.24) is 9.62 Å². The normalized spacial score (nSPS) is 23.4. The minimum atomic E-state index is -3.35. The molecule has 1 saturated heterocycles. The molecule has 3 rings (SSSR count). The highest BCUT2D eigenvalue weighted by Gasteiger charge is 2.39. The number of nitrogens with zero attached hydrogens (tertiary/aromatic N) is 1. The second-order valence-corrected chi connectivity index (χ2v) is 8.22. The van der Waals surface area contributed by atoms with Crippen LogP contribution in [0.15, 0.2) is 29.2 Å². The Bertz CT molecular complexity index is 573. The van der Waals surface area contributed by atoms with Crippen LogP contribution in [0, 0.1) is 12.8 Å². The predicted molar refractivity (Wildman–Crippen MR) is 83.7 cm³/mol. The summed E-state index contributed by atoms with van der Waals surface area (Å²) in [5.74, 6) is 0.444. The maximum absolute atomic E-state index is 12.9. The number of hydrogen-bond acceptors (Lipinski definition) is 3. The molecule has 5 heteroatoms. The zero-order valence-corrected chi connectivity index (χ0v) is 13.4. The number of hydrogen-bond donors (Lipinski definition) is 1. The third kappa shape index (κ3) is 3.47. The first-order valence-electron chi connectivity index (χ1n) is 7.86. The first-order valence-corrected chi connectivity index (χ1v) is 9.30. The molecule has 1 saturated carbocycles. The van der Waals surface area contributed by atoms with E-state index in [2.05, 4.69) is 5.32 Å². The molecule has 1 N–H and O–H groups in total. The molecule has 21 heavy (non-hydrogen) atoms. The van der Waals surface area contributed by atoms with Gasteiger partial charge in [-0.3, -0.25) is 0 Å². The molecular weight excluding hydrogens is 284 g/mol. The summed E-state index contributed by atoms with van der Waals surface area (Å²) in [5, 5.41) is 3.38. The van der Waals surface area contributed by atoms with Gasteiger partial charge < -0.3 is 5.32 Å². The van der Waals surface area contributed by atoms with E-state index >= 15 is 0 Å². The zero-order valence-electron chi connectivity index (χ0n) is 12.6. The second kappa shape index (κ2) is 6.07. The molecule has 116 valence electrons. The highest BCUT2D eigenvalue weighted by atomic mass is 32.2. The number of benzene rings is 1. The van der Waals surface area contributed by atoms with E-state index in [4.69, 9.17) is 0 Å². The fourth-order valence-corrected chi connectivity index (χ4v) is 4.75. The van der Waals surface area contributed by atoms with Crippen LogP contribution in [0.4, 0.5) is 0 Å². The van der Waals surface area contributed by atoms with Gasteiger partial charge in [0.1, 0.15) is 0 Å². The highest BCUT2D eigenvalue weighted by molar-refractivity contribution is 7.89. The number of nitrogens with one attached hydrogen (secondary N) is 1. The van der Waals surface area contributed by atoms with E-state index < -0.39 is 10.0 Å². The van der Waals surface area contributed by atoms with Gasteiger partial charge in [-0.15, -0.1) is 0 Å². The molecule has 2 fully saturated rings. The summed E-state index contributed by atoms with van der Waals surface area (Å²) >= 11 is 0. The standard InChI is InChI=1S/C16H24N2O2S/c1-13-4-8-16(9-5-13)21(19,20)18(15-6-7-15)12-14-3-2-10-17-11-14/h4-5,8-9,14-15,17H,2-3,6-7,10-12H2,1H3. The third-order valence-corrected chi connectivity index (χ3v) is 6.35. The molecule has 0 aromatic heterocycles. The van der Waals surface area contributed by atoms with Crippen molar-refractivity contribution in [2.75, 3.05) is 19.6 Å². The molecule has 1 aromatic rings. The maximum atomic E-state index is 12.9. The molecule has 1 aliphatic heterocycles. The van der Waals surface area contributed by atoms with Crippen molar-refractivity contribution in [3.63, 3.8) is 0 Å². The highest BCUT2D eigenvalue weighted by Crippen LogP contribution is 2.33. The minimum absolute atomic E-state index is 0.221. The van der Waals surface area contributed by atoms with Crippen LogP contribution in [0.5, 0.6) is 0 Å². The molecule has 1 heterocycles. The molecule has 0 radical (unpaired) electrons. The van der Waals surface area contributed by atoms with Crippen molar-refractivity contribution < 1.29 is 8.42 Å². The average molecular weight is 308 g/mol. The lowest BCUT2D eigenvalue weighted by molar-refractivity contribution is 0.287. The third-order valence-electron chi connectivity index (χ3n) is 4.42. The van der Waals surface area contributed by atoms with Crippen molar-refractivity contribution in [1.29, 1.82) is 0 Å². The molecular formula is C16H24N2O2S. The second-order valence-electron chi connectivity index (χ2n) is 6.33. The van der Waals surface area contributed by atoms with E-state index in [1.807, 2.05) is 19.1 Å². The average Bonchev–Trinajstić information content (AvgIpc) is 3.31. The number of piperidine rings is 1. The summed E-state index contributed by atoms with van der Waals surface area (Å²) in [6.07, 6.45) is 4.28. The Labute approximate surface area is 127 Å². The molecule has 2 aliphatic rings. The van der Waals surface area contributed by atoms with Crippen LogP contribution in [-0.2, 0) is 10.0 Å². The van der Waals surface area contributed by atoms with E-state index in [1.54, 1.807) is 16.4 Å². The van der Waals surface area contributed by atoms with Crippen LogP contribution >= 0.6 is 0 Å². The largest absolute Gasteiger partial charge is 0.316 e. The topological polar surface area (TPSA) is 49.4 Å². The van der Waals surface area contributed by atoms with Gasteiger partial charge in [0.2, 0.25) is 10.0 Å². The van der Waals surface area contributed by atoms with Crippen LogP contribution in [0.2, 0.25) is 0 Å². The Hall–Kier alpha value is -0.910. The van der Waals surface area contributed by atoms with Crippen LogP contribution in [0.1, 0.15) is 31.2 Å². The van der Waals surface area contributed by atoms with Crippen molar-refractivity contribution >= 4 is 10.0 Å². The van der Waals surface area contributed by atoms with Crippen LogP contribution in [-0.4, -0.2) is 38.4 Å².